The van der Waals surface area contributed by atoms with Crippen LogP contribution in [0.2, 0.25) is 0 Å². The van der Waals surface area contributed by atoms with Gasteiger partial charge in [-0.2, -0.15) is 0 Å². The van der Waals surface area contributed by atoms with E-state index in [9.17, 15) is 9.90 Å². The van der Waals surface area contributed by atoms with Gasteiger partial charge in [-0.3, -0.25) is 4.79 Å². The second-order valence-corrected chi connectivity index (χ2v) is 2.86. The molecule has 0 amide bonds. The van der Waals surface area contributed by atoms with E-state index < -0.39 is 30.6 Å². The van der Waals surface area contributed by atoms with Crippen molar-refractivity contribution in [3.05, 3.63) is 0 Å². The molecule has 1 fully saturated rings. The lowest BCUT2D eigenvalue weighted by Gasteiger charge is -2.34. The Morgan fingerprint density at radius 1 is 1.46 bits per heavy atom. The van der Waals surface area contributed by atoms with Gasteiger partial charge < -0.3 is 24.8 Å². The molecule has 13 heavy (non-hydrogen) atoms. The molecule has 1 aliphatic rings. The normalized spacial score (nSPS) is 40.0. The van der Waals surface area contributed by atoms with Crippen LogP contribution in [0.3, 0.4) is 0 Å². The standard InChI is InChI=1S/C7H12O6/c1-3(8)13-6-5(10)4(9)2-12-7(6)11/h4-7,9-11H,2H2,1H3/t4-,5-,6+,7+/m0/s1. The molecule has 1 saturated heterocycles. The Morgan fingerprint density at radius 2 is 2.08 bits per heavy atom. The van der Waals surface area contributed by atoms with Gasteiger partial charge in [0.15, 0.2) is 12.4 Å². The molecule has 0 aromatic carbocycles. The maximum Gasteiger partial charge on any atom is 0.303 e. The zero-order chi connectivity index (χ0) is 10.0. The number of carbonyl (C=O) groups excluding carboxylic acids is 1. The highest BCUT2D eigenvalue weighted by atomic mass is 16.7. The van der Waals surface area contributed by atoms with Gasteiger partial charge in [-0.05, 0) is 0 Å². The van der Waals surface area contributed by atoms with Gasteiger partial charge in [-0.15, -0.1) is 0 Å². The Hall–Kier alpha value is -0.690. The van der Waals surface area contributed by atoms with Crippen LogP contribution in [0.4, 0.5) is 0 Å². The van der Waals surface area contributed by atoms with Gasteiger partial charge >= 0.3 is 5.97 Å². The van der Waals surface area contributed by atoms with Crippen LogP contribution in [0.1, 0.15) is 6.92 Å². The number of aliphatic hydroxyl groups is 3. The molecule has 0 aromatic rings. The van der Waals surface area contributed by atoms with Crippen molar-refractivity contribution in [1.29, 1.82) is 0 Å². The minimum Gasteiger partial charge on any atom is -0.454 e. The molecule has 4 atom stereocenters. The number of esters is 1. The quantitative estimate of drug-likeness (QED) is 0.415. The summed E-state index contributed by atoms with van der Waals surface area (Å²) < 4.78 is 9.20. The van der Waals surface area contributed by atoms with Crippen LogP contribution in [0.5, 0.6) is 0 Å². The van der Waals surface area contributed by atoms with Gasteiger partial charge in [0, 0.05) is 6.92 Å². The third kappa shape index (κ3) is 2.38. The molecule has 76 valence electrons. The van der Waals surface area contributed by atoms with Gasteiger partial charge in [0.2, 0.25) is 0 Å². The first-order valence-electron chi connectivity index (χ1n) is 3.85. The summed E-state index contributed by atoms with van der Waals surface area (Å²) in [7, 11) is 0. The topological polar surface area (TPSA) is 96.2 Å². The largest absolute Gasteiger partial charge is 0.454 e. The van der Waals surface area contributed by atoms with Crippen molar-refractivity contribution in [3.63, 3.8) is 0 Å². The smallest absolute Gasteiger partial charge is 0.303 e. The minimum absolute atomic E-state index is 0.180. The van der Waals surface area contributed by atoms with Crippen LogP contribution >= 0.6 is 0 Å². The summed E-state index contributed by atoms with van der Waals surface area (Å²) in [6.07, 6.45) is -5.07. The average Bonchev–Trinajstić information content (AvgIpc) is 2.05. The first-order valence-corrected chi connectivity index (χ1v) is 3.85. The van der Waals surface area contributed by atoms with Crippen molar-refractivity contribution in [2.24, 2.45) is 0 Å². The van der Waals surface area contributed by atoms with Crippen molar-refractivity contribution in [1.82, 2.24) is 0 Å². The van der Waals surface area contributed by atoms with E-state index in [1.54, 1.807) is 0 Å². The Labute approximate surface area is 74.7 Å². The summed E-state index contributed by atoms with van der Waals surface area (Å²) in [6, 6.07) is 0. The third-order valence-electron chi connectivity index (χ3n) is 1.75. The molecule has 0 aliphatic carbocycles. The van der Waals surface area contributed by atoms with Crippen molar-refractivity contribution in [3.8, 4) is 0 Å². The molecule has 0 bridgehead atoms. The number of aliphatic hydroxyl groups excluding tert-OH is 3. The zero-order valence-electron chi connectivity index (χ0n) is 7.08. The summed E-state index contributed by atoms with van der Waals surface area (Å²) >= 11 is 0. The fourth-order valence-corrected chi connectivity index (χ4v) is 1.10. The van der Waals surface area contributed by atoms with Crippen LogP contribution in [-0.4, -0.2) is 52.5 Å². The van der Waals surface area contributed by atoms with Crippen LogP contribution in [0, 0.1) is 0 Å². The highest BCUT2D eigenvalue weighted by Crippen LogP contribution is 2.16. The van der Waals surface area contributed by atoms with E-state index in [0.29, 0.717) is 0 Å². The van der Waals surface area contributed by atoms with Crippen molar-refractivity contribution in [2.75, 3.05) is 6.61 Å². The lowest BCUT2D eigenvalue weighted by Crippen LogP contribution is -2.54. The monoisotopic (exact) mass is 192 g/mol. The number of hydrogen-bond acceptors (Lipinski definition) is 6. The zero-order valence-corrected chi connectivity index (χ0v) is 7.08. The van der Waals surface area contributed by atoms with E-state index in [0.717, 1.165) is 6.92 Å². The van der Waals surface area contributed by atoms with Crippen molar-refractivity contribution < 1.29 is 29.6 Å². The molecular weight excluding hydrogens is 180 g/mol. The molecule has 0 aromatic heterocycles. The van der Waals surface area contributed by atoms with E-state index in [4.69, 9.17) is 10.2 Å². The molecule has 6 heteroatoms. The summed E-state index contributed by atoms with van der Waals surface area (Å²) in [5.74, 6) is -0.652. The van der Waals surface area contributed by atoms with Crippen LogP contribution in [0.25, 0.3) is 0 Å². The van der Waals surface area contributed by atoms with Crippen molar-refractivity contribution >= 4 is 5.97 Å². The number of hydrogen-bond donors (Lipinski definition) is 3. The molecular formula is C7H12O6. The van der Waals surface area contributed by atoms with E-state index >= 15 is 0 Å². The molecule has 1 aliphatic heterocycles. The molecule has 0 saturated carbocycles. The molecule has 0 unspecified atom stereocenters. The Balaban J connectivity index is 2.60. The molecule has 1 heterocycles. The van der Waals surface area contributed by atoms with Crippen LogP contribution in [-0.2, 0) is 14.3 Å². The summed E-state index contributed by atoms with van der Waals surface area (Å²) in [5, 5.41) is 27.5. The fraction of sp³-hybridized carbons (Fsp3) is 0.857. The van der Waals surface area contributed by atoms with E-state index in [-0.39, 0.29) is 6.61 Å². The van der Waals surface area contributed by atoms with E-state index in [1.165, 1.54) is 0 Å². The summed E-state index contributed by atoms with van der Waals surface area (Å²) in [5.41, 5.74) is 0. The third-order valence-corrected chi connectivity index (χ3v) is 1.75. The van der Waals surface area contributed by atoms with Crippen molar-refractivity contribution in [2.45, 2.75) is 31.5 Å². The van der Waals surface area contributed by atoms with Gasteiger partial charge in [-0.25, -0.2) is 0 Å². The Kier molecular flexibility index (Phi) is 3.21. The van der Waals surface area contributed by atoms with E-state index in [1.807, 2.05) is 0 Å². The first kappa shape index (κ1) is 10.4. The predicted molar refractivity (Wildman–Crippen MR) is 39.5 cm³/mol. The summed E-state index contributed by atoms with van der Waals surface area (Å²) in [4.78, 5) is 10.5. The molecule has 1 rings (SSSR count). The molecule has 6 nitrogen and oxygen atoms in total. The lowest BCUT2D eigenvalue weighted by atomic mass is 10.1. The second-order valence-electron chi connectivity index (χ2n) is 2.86. The van der Waals surface area contributed by atoms with Gasteiger partial charge in [-0.1, -0.05) is 0 Å². The van der Waals surface area contributed by atoms with Gasteiger partial charge in [0.05, 0.1) is 6.61 Å². The highest BCUT2D eigenvalue weighted by Gasteiger charge is 2.40. The molecule has 0 radical (unpaired) electrons. The maximum absolute atomic E-state index is 10.5. The van der Waals surface area contributed by atoms with E-state index in [2.05, 4.69) is 9.47 Å². The number of ether oxygens (including phenoxy) is 2. The minimum atomic E-state index is -1.39. The SMILES string of the molecule is CC(=O)O[C@@H]1[C@@H](O)[C@@H](O)CO[C@H]1O. The lowest BCUT2D eigenvalue weighted by molar-refractivity contribution is -0.259. The highest BCUT2D eigenvalue weighted by molar-refractivity contribution is 5.66. The first-order chi connectivity index (χ1) is 6.02. The van der Waals surface area contributed by atoms with Gasteiger partial charge in [0.25, 0.3) is 0 Å². The Morgan fingerprint density at radius 3 is 2.62 bits per heavy atom. The predicted octanol–water partition coefficient (Wildman–Crippen LogP) is -2.01. The maximum atomic E-state index is 10.5. The second kappa shape index (κ2) is 4.01. The van der Waals surface area contributed by atoms with Crippen LogP contribution in [0.15, 0.2) is 0 Å². The number of carbonyl (C=O) groups is 1. The number of rotatable bonds is 1. The molecule has 3 N–H and O–H groups in total. The van der Waals surface area contributed by atoms with Gasteiger partial charge in [0.1, 0.15) is 12.2 Å². The molecule has 0 spiro atoms. The fourth-order valence-electron chi connectivity index (χ4n) is 1.10. The average molecular weight is 192 g/mol. The Bertz CT molecular complexity index is 193. The summed E-state index contributed by atoms with van der Waals surface area (Å²) in [6.45, 7) is 0.959. The van der Waals surface area contributed by atoms with Crippen LogP contribution < -0.4 is 0 Å².